The average Bonchev–Trinajstić information content (AvgIpc) is 2.55. The number of rotatable bonds is 1. The van der Waals surface area contributed by atoms with Crippen molar-refractivity contribution in [3.63, 3.8) is 0 Å². The molecule has 0 aromatic heterocycles. The first-order chi connectivity index (χ1) is 7.26. The number of aliphatic hydroxyl groups excluding tert-OH is 1. The van der Waals surface area contributed by atoms with Gasteiger partial charge in [0.25, 0.3) is 0 Å². The molecule has 0 aromatic rings. The zero-order chi connectivity index (χ0) is 11.7. The van der Waals surface area contributed by atoms with E-state index in [4.69, 9.17) is 0 Å². The maximum atomic E-state index is 11.4. The summed E-state index contributed by atoms with van der Waals surface area (Å²) in [5.74, 6) is -1.07. The summed E-state index contributed by atoms with van der Waals surface area (Å²) in [7, 11) is 0. The molecule has 3 nitrogen and oxygen atoms in total. The maximum absolute atomic E-state index is 11.4. The molecule has 0 radical (unpaired) electrons. The summed E-state index contributed by atoms with van der Waals surface area (Å²) in [5.41, 5.74) is 0.585. The molecule has 16 heavy (non-hydrogen) atoms. The Hall–Kier alpha value is -0.570. The topological polar surface area (TPSA) is 57.5 Å². The van der Waals surface area contributed by atoms with Gasteiger partial charge in [-0.3, -0.25) is 4.79 Å². The average molecular weight is 222 g/mol. The Morgan fingerprint density at radius 2 is 1.75 bits per heavy atom. The fourth-order valence-corrected chi connectivity index (χ4v) is 7.47. The Kier molecular flexibility index (Phi) is 1.10. The van der Waals surface area contributed by atoms with Crippen LogP contribution in [0.1, 0.15) is 33.6 Å². The van der Waals surface area contributed by atoms with E-state index in [-0.39, 0.29) is 22.2 Å². The maximum Gasteiger partial charge on any atom is 0.309 e. The highest BCUT2D eigenvalue weighted by molar-refractivity contribution is 5.76. The van der Waals surface area contributed by atoms with Crippen molar-refractivity contribution in [2.75, 3.05) is 0 Å². The van der Waals surface area contributed by atoms with Crippen LogP contribution in [0, 0.1) is 33.5 Å². The molecular weight excluding hydrogens is 204 g/mol. The molecule has 88 valence electrons. The van der Waals surface area contributed by atoms with Crippen molar-refractivity contribution < 1.29 is 15.0 Å². The van der Waals surface area contributed by atoms with Gasteiger partial charge >= 0.3 is 5.97 Å². The van der Waals surface area contributed by atoms with Gasteiger partial charge in [-0.05, 0) is 35.0 Å². The molecule has 1 spiro atoms. The second-order valence-corrected chi connectivity index (χ2v) is 7.34. The van der Waals surface area contributed by atoms with E-state index in [0.717, 1.165) is 12.8 Å². The van der Waals surface area contributed by atoms with Crippen LogP contribution in [0.4, 0.5) is 0 Å². The molecule has 4 fully saturated rings. The molecule has 0 aromatic carbocycles. The minimum atomic E-state index is -0.791. The number of carbonyl (C=O) groups is 1. The van der Waals surface area contributed by atoms with Crippen LogP contribution in [-0.4, -0.2) is 22.3 Å². The Morgan fingerprint density at radius 1 is 1.19 bits per heavy atom. The molecule has 0 saturated heterocycles. The van der Waals surface area contributed by atoms with E-state index in [1.54, 1.807) is 0 Å². The molecular formula is C13H18O3. The Bertz CT molecular complexity index is 446. The Labute approximate surface area is 94.8 Å². The molecule has 7 atom stereocenters. The van der Waals surface area contributed by atoms with Crippen molar-refractivity contribution >= 4 is 5.97 Å². The first-order valence-corrected chi connectivity index (χ1v) is 6.17. The van der Waals surface area contributed by atoms with Gasteiger partial charge in [-0.15, -0.1) is 0 Å². The molecule has 4 aliphatic carbocycles. The van der Waals surface area contributed by atoms with E-state index < -0.39 is 18.0 Å². The first-order valence-electron chi connectivity index (χ1n) is 6.17. The van der Waals surface area contributed by atoms with Crippen LogP contribution in [0.3, 0.4) is 0 Å². The lowest BCUT2D eigenvalue weighted by atomic mass is 9.33. The Balaban J connectivity index is 1.89. The molecule has 4 saturated carbocycles. The first kappa shape index (κ1) is 9.46. The fraction of sp³-hybridized carbons (Fsp3) is 0.923. The van der Waals surface area contributed by atoms with E-state index in [9.17, 15) is 15.0 Å². The number of aliphatic hydroxyl groups is 1. The van der Waals surface area contributed by atoms with E-state index in [2.05, 4.69) is 20.8 Å². The van der Waals surface area contributed by atoms with E-state index >= 15 is 0 Å². The predicted molar refractivity (Wildman–Crippen MR) is 56.6 cm³/mol. The third-order valence-corrected chi connectivity index (χ3v) is 6.98. The van der Waals surface area contributed by atoms with Crippen molar-refractivity contribution in [2.45, 2.75) is 39.7 Å². The summed E-state index contributed by atoms with van der Waals surface area (Å²) in [6.07, 6.45) is 1.55. The van der Waals surface area contributed by atoms with Gasteiger partial charge in [-0.2, -0.15) is 0 Å². The summed E-state index contributed by atoms with van der Waals surface area (Å²) >= 11 is 0. The summed E-state index contributed by atoms with van der Waals surface area (Å²) in [4.78, 5) is 11.4. The highest BCUT2D eigenvalue weighted by atomic mass is 16.4. The zero-order valence-electron chi connectivity index (χ0n) is 9.95. The standard InChI is InChI=1S/C13H18O3/c1-10-4-11(2)7-6(9(15)16)8(14)12(3,5-10)13(7,10)11/h6-8,14H,4-5H2,1-3H3,(H,15,16). The van der Waals surface area contributed by atoms with Crippen LogP contribution in [0.15, 0.2) is 0 Å². The number of hydrogen-bond donors (Lipinski definition) is 2. The van der Waals surface area contributed by atoms with Gasteiger partial charge in [0.2, 0.25) is 0 Å². The van der Waals surface area contributed by atoms with Crippen molar-refractivity contribution in [3.8, 4) is 0 Å². The molecule has 0 aliphatic heterocycles. The van der Waals surface area contributed by atoms with E-state index in [1.165, 1.54) is 0 Å². The molecule has 3 heteroatoms. The molecule has 4 rings (SSSR count). The van der Waals surface area contributed by atoms with Gasteiger partial charge < -0.3 is 10.2 Å². The van der Waals surface area contributed by atoms with Gasteiger partial charge in [0.15, 0.2) is 0 Å². The molecule has 7 unspecified atom stereocenters. The third-order valence-electron chi connectivity index (χ3n) is 6.98. The van der Waals surface area contributed by atoms with Gasteiger partial charge in [-0.25, -0.2) is 0 Å². The molecule has 0 amide bonds. The summed E-state index contributed by atoms with van der Waals surface area (Å²) < 4.78 is 0. The number of carboxylic acids is 1. The number of hydrogen-bond acceptors (Lipinski definition) is 2. The Morgan fingerprint density at radius 3 is 2.19 bits per heavy atom. The highest BCUT2D eigenvalue weighted by Crippen LogP contribution is 3.05. The minimum absolute atomic E-state index is 0.123. The number of aliphatic carboxylic acids is 1. The summed E-state index contributed by atoms with van der Waals surface area (Å²) in [6.45, 7) is 6.63. The van der Waals surface area contributed by atoms with Gasteiger partial charge in [0.05, 0.1) is 12.0 Å². The predicted octanol–water partition coefficient (Wildman–Crippen LogP) is 1.50. The molecule has 4 aliphatic rings. The quantitative estimate of drug-likeness (QED) is 0.707. The minimum Gasteiger partial charge on any atom is -0.481 e. The van der Waals surface area contributed by atoms with Crippen molar-refractivity contribution in [3.05, 3.63) is 0 Å². The zero-order valence-corrected chi connectivity index (χ0v) is 9.95. The molecule has 0 bridgehead atoms. The second kappa shape index (κ2) is 1.86. The smallest absolute Gasteiger partial charge is 0.309 e. The SMILES string of the molecule is CC12CC3(C)C(O)C(C(=O)O)C4C(C)(C1)C423. The van der Waals surface area contributed by atoms with Gasteiger partial charge in [-0.1, -0.05) is 20.8 Å². The third kappa shape index (κ3) is 0.470. The van der Waals surface area contributed by atoms with Gasteiger partial charge in [0.1, 0.15) is 0 Å². The van der Waals surface area contributed by atoms with Crippen LogP contribution >= 0.6 is 0 Å². The fourth-order valence-electron chi connectivity index (χ4n) is 7.47. The van der Waals surface area contributed by atoms with Crippen molar-refractivity contribution in [1.29, 1.82) is 0 Å². The molecule has 2 N–H and O–H groups in total. The van der Waals surface area contributed by atoms with Crippen molar-refractivity contribution in [1.82, 2.24) is 0 Å². The van der Waals surface area contributed by atoms with Crippen LogP contribution in [-0.2, 0) is 4.79 Å². The lowest BCUT2D eigenvalue weighted by molar-refractivity contribution is -0.260. The van der Waals surface area contributed by atoms with Gasteiger partial charge in [0, 0.05) is 5.41 Å². The number of carboxylic acid groups (broad SMARTS) is 1. The van der Waals surface area contributed by atoms with E-state index in [0.29, 0.717) is 5.41 Å². The summed E-state index contributed by atoms with van der Waals surface area (Å²) in [5, 5.41) is 19.6. The van der Waals surface area contributed by atoms with Crippen LogP contribution in [0.5, 0.6) is 0 Å². The molecule has 0 heterocycles. The normalized spacial score (nSPS) is 73.4. The van der Waals surface area contributed by atoms with E-state index in [1.807, 2.05) is 0 Å². The van der Waals surface area contributed by atoms with Crippen molar-refractivity contribution in [2.24, 2.45) is 33.5 Å². The lowest BCUT2D eigenvalue weighted by Crippen LogP contribution is -2.68. The van der Waals surface area contributed by atoms with Crippen LogP contribution in [0.2, 0.25) is 0 Å². The monoisotopic (exact) mass is 222 g/mol. The second-order valence-electron chi connectivity index (χ2n) is 7.34. The summed E-state index contributed by atoms with van der Waals surface area (Å²) in [6, 6.07) is 0. The highest BCUT2D eigenvalue weighted by Gasteiger charge is 3.03. The largest absolute Gasteiger partial charge is 0.481 e. The lowest BCUT2D eigenvalue weighted by Gasteiger charge is -2.71. The van der Waals surface area contributed by atoms with Crippen LogP contribution in [0.25, 0.3) is 0 Å². The number of fused-ring (bicyclic) bond motifs is 1. The van der Waals surface area contributed by atoms with Crippen LogP contribution < -0.4 is 0 Å².